The fraction of sp³-hybridized carbons (Fsp3) is 0.545. The summed E-state index contributed by atoms with van der Waals surface area (Å²) in [7, 11) is 0. The molecular weight excluding hydrogens is 250 g/mol. The molecule has 1 heterocycles. The first kappa shape index (κ1) is 14.4. The highest BCUT2D eigenvalue weighted by molar-refractivity contribution is 7.80. The summed E-state index contributed by atoms with van der Waals surface area (Å²) in [6, 6.07) is 0. The van der Waals surface area contributed by atoms with E-state index in [9.17, 15) is 4.79 Å². The van der Waals surface area contributed by atoms with Crippen molar-refractivity contribution in [1.29, 1.82) is 0 Å². The number of hydrogen-bond donors (Lipinski definition) is 3. The van der Waals surface area contributed by atoms with Crippen LogP contribution in [0.25, 0.3) is 0 Å². The van der Waals surface area contributed by atoms with Crippen molar-refractivity contribution in [2.45, 2.75) is 27.3 Å². The maximum atomic E-state index is 11.4. The zero-order chi connectivity index (χ0) is 13.7. The SMILES string of the molecule is CCn1ncc(NC(=S)NCC(C)C)c1C(N)=O. The molecule has 0 atom stereocenters. The van der Waals surface area contributed by atoms with Gasteiger partial charge in [-0.3, -0.25) is 9.48 Å². The van der Waals surface area contributed by atoms with E-state index in [1.54, 1.807) is 6.20 Å². The van der Waals surface area contributed by atoms with Gasteiger partial charge in [0.15, 0.2) is 5.11 Å². The number of aryl methyl sites for hydroxylation is 1. The molecule has 1 aromatic heterocycles. The van der Waals surface area contributed by atoms with Crippen LogP contribution in [0.1, 0.15) is 31.3 Å². The standard InChI is InChI=1S/C11H19N5OS/c1-4-16-9(10(12)17)8(6-14-16)15-11(18)13-5-7(2)3/h6-7H,4-5H2,1-3H3,(H2,12,17)(H2,13,15,18). The van der Waals surface area contributed by atoms with Crippen molar-refractivity contribution >= 4 is 28.9 Å². The number of thiocarbonyl (C=S) groups is 1. The molecule has 0 aliphatic carbocycles. The largest absolute Gasteiger partial charge is 0.364 e. The van der Waals surface area contributed by atoms with Gasteiger partial charge >= 0.3 is 0 Å². The molecule has 0 aliphatic rings. The molecule has 18 heavy (non-hydrogen) atoms. The molecule has 7 heteroatoms. The summed E-state index contributed by atoms with van der Waals surface area (Å²) >= 11 is 5.13. The van der Waals surface area contributed by atoms with E-state index in [-0.39, 0.29) is 0 Å². The molecule has 0 saturated carbocycles. The second kappa shape index (κ2) is 6.34. The molecule has 1 rings (SSSR count). The molecule has 0 aromatic carbocycles. The number of rotatable bonds is 5. The molecule has 0 saturated heterocycles. The van der Waals surface area contributed by atoms with E-state index < -0.39 is 5.91 Å². The number of carbonyl (C=O) groups is 1. The Labute approximate surface area is 112 Å². The lowest BCUT2D eigenvalue weighted by Crippen LogP contribution is -2.32. The first-order chi connectivity index (χ1) is 8.45. The van der Waals surface area contributed by atoms with Crippen LogP contribution >= 0.6 is 12.2 Å². The number of carbonyl (C=O) groups excluding carboxylic acids is 1. The molecule has 6 nitrogen and oxygen atoms in total. The van der Waals surface area contributed by atoms with Crippen LogP contribution in [0.5, 0.6) is 0 Å². The smallest absolute Gasteiger partial charge is 0.269 e. The van der Waals surface area contributed by atoms with E-state index in [1.165, 1.54) is 4.68 Å². The third-order valence-corrected chi connectivity index (χ3v) is 2.54. The molecule has 1 aromatic rings. The second-order valence-electron chi connectivity index (χ2n) is 4.32. The van der Waals surface area contributed by atoms with Crippen molar-refractivity contribution in [3.05, 3.63) is 11.9 Å². The quantitative estimate of drug-likeness (QED) is 0.693. The van der Waals surface area contributed by atoms with Gasteiger partial charge in [0.05, 0.1) is 11.9 Å². The minimum atomic E-state index is -0.525. The van der Waals surface area contributed by atoms with Crippen LogP contribution in [0.3, 0.4) is 0 Å². The van der Waals surface area contributed by atoms with Gasteiger partial charge < -0.3 is 16.4 Å². The van der Waals surface area contributed by atoms with Crippen molar-refractivity contribution in [3.8, 4) is 0 Å². The topological polar surface area (TPSA) is 85.0 Å². The second-order valence-corrected chi connectivity index (χ2v) is 4.72. The Hall–Kier alpha value is -1.63. The van der Waals surface area contributed by atoms with Gasteiger partial charge in [0, 0.05) is 13.1 Å². The van der Waals surface area contributed by atoms with Crippen LogP contribution in [0.4, 0.5) is 5.69 Å². The van der Waals surface area contributed by atoms with E-state index in [2.05, 4.69) is 29.6 Å². The van der Waals surface area contributed by atoms with Gasteiger partial charge in [0.1, 0.15) is 5.69 Å². The van der Waals surface area contributed by atoms with Crippen LogP contribution in [-0.4, -0.2) is 27.3 Å². The van der Waals surface area contributed by atoms with E-state index in [0.29, 0.717) is 29.0 Å². The Morgan fingerprint density at radius 3 is 2.78 bits per heavy atom. The third kappa shape index (κ3) is 3.69. The van der Waals surface area contributed by atoms with Crippen LogP contribution in [-0.2, 0) is 6.54 Å². The maximum absolute atomic E-state index is 11.4. The van der Waals surface area contributed by atoms with Crippen LogP contribution in [0.15, 0.2) is 6.20 Å². The summed E-state index contributed by atoms with van der Waals surface area (Å²) in [5.41, 5.74) is 6.20. The average Bonchev–Trinajstić information content (AvgIpc) is 2.69. The lowest BCUT2D eigenvalue weighted by atomic mass is 10.2. The van der Waals surface area contributed by atoms with Gasteiger partial charge in [-0.15, -0.1) is 0 Å². The summed E-state index contributed by atoms with van der Waals surface area (Å²) in [6.07, 6.45) is 1.55. The Morgan fingerprint density at radius 2 is 2.28 bits per heavy atom. The van der Waals surface area contributed by atoms with E-state index >= 15 is 0 Å². The number of anilines is 1. The number of aromatic nitrogens is 2. The highest BCUT2D eigenvalue weighted by Crippen LogP contribution is 2.14. The fourth-order valence-corrected chi connectivity index (χ4v) is 1.63. The summed E-state index contributed by atoms with van der Waals surface area (Å²) < 4.78 is 1.54. The van der Waals surface area contributed by atoms with Crippen molar-refractivity contribution < 1.29 is 4.79 Å². The monoisotopic (exact) mass is 269 g/mol. The minimum absolute atomic E-state index is 0.339. The van der Waals surface area contributed by atoms with Gasteiger partial charge in [0.2, 0.25) is 0 Å². The normalized spacial score (nSPS) is 10.4. The van der Waals surface area contributed by atoms with Crippen molar-refractivity contribution in [1.82, 2.24) is 15.1 Å². The number of nitrogens with zero attached hydrogens (tertiary/aromatic N) is 2. The Bertz CT molecular complexity index is 441. The van der Waals surface area contributed by atoms with Gasteiger partial charge in [-0.05, 0) is 25.1 Å². The lowest BCUT2D eigenvalue weighted by molar-refractivity contribution is 0.0991. The van der Waals surface area contributed by atoms with Gasteiger partial charge in [-0.25, -0.2) is 0 Å². The summed E-state index contributed by atoms with van der Waals surface area (Å²) in [5.74, 6) is -0.0396. The summed E-state index contributed by atoms with van der Waals surface area (Å²) in [6.45, 7) is 7.39. The molecular formula is C11H19N5OS. The minimum Gasteiger partial charge on any atom is -0.364 e. The summed E-state index contributed by atoms with van der Waals surface area (Å²) in [5, 5.41) is 10.5. The predicted molar refractivity (Wildman–Crippen MR) is 75.5 cm³/mol. The molecule has 100 valence electrons. The number of primary amides is 1. The number of amides is 1. The zero-order valence-electron chi connectivity index (χ0n) is 10.9. The molecule has 0 aliphatic heterocycles. The first-order valence-electron chi connectivity index (χ1n) is 5.86. The van der Waals surface area contributed by atoms with E-state index in [0.717, 1.165) is 6.54 Å². The third-order valence-electron chi connectivity index (χ3n) is 2.29. The van der Waals surface area contributed by atoms with E-state index in [1.807, 2.05) is 6.92 Å². The van der Waals surface area contributed by atoms with E-state index in [4.69, 9.17) is 18.0 Å². The summed E-state index contributed by atoms with van der Waals surface area (Å²) in [4.78, 5) is 11.4. The van der Waals surface area contributed by atoms with Crippen LogP contribution in [0, 0.1) is 5.92 Å². The average molecular weight is 269 g/mol. The molecule has 0 spiro atoms. The lowest BCUT2D eigenvalue weighted by Gasteiger charge is -2.12. The Balaban J connectivity index is 2.75. The molecule has 1 amide bonds. The molecule has 0 bridgehead atoms. The first-order valence-corrected chi connectivity index (χ1v) is 6.27. The molecule has 0 fully saturated rings. The van der Waals surface area contributed by atoms with Gasteiger partial charge in [0.25, 0.3) is 5.91 Å². The van der Waals surface area contributed by atoms with Gasteiger partial charge in [-0.2, -0.15) is 5.10 Å². The zero-order valence-corrected chi connectivity index (χ0v) is 11.7. The Morgan fingerprint density at radius 1 is 1.61 bits per heavy atom. The van der Waals surface area contributed by atoms with Crippen molar-refractivity contribution in [2.75, 3.05) is 11.9 Å². The van der Waals surface area contributed by atoms with Crippen LogP contribution < -0.4 is 16.4 Å². The highest BCUT2D eigenvalue weighted by atomic mass is 32.1. The molecule has 0 radical (unpaired) electrons. The molecule has 4 N–H and O–H groups in total. The van der Waals surface area contributed by atoms with Crippen molar-refractivity contribution in [3.63, 3.8) is 0 Å². The molecule has 0 unspecified atom stereocenters. The number of hydrogen-bond acceptors (Lipinski definition) is 3. The Kier molecular flexibility index (Phi) is 5.08. The van der Waals surface area contributed by atoms with Crippen LogP contribution in [0.2, 0.25) is 0 Å². The van der Waals surface area contributed by atoms with Crippen molar-refractivity contribution in [2.24, 2.45) is 11.7 Å². The fourth-order valence-electron chi connectivity index (χ4n) is 1.44. The highest BCUT2D eigenvalue weighted by Gasteiger charge is 2.15. The van der Waals surface area contributed by atoms with Gasteiger partial charge in [-0.1, -0.05) is 13.8 Å². The number of nitrogens with two attached hydrogens (primary N) is 1. The number of nitrogens with one attached hydrogen (secondary N) is 2. The predicted octanol–water partition coefficient (Wildman–Crippen LogP) is 0.944. The maximum Gasteiger partial charge on any atom is 0.269 e.